The molecule has 2 aromatic carbocycles. The van der Waals surface area contributed by atoms with E-state index in [1.807, 2.05) is 12.1 Å². The molecule has 0 spiro atoms. The van der Waals surface area contributed by atoms with Crippen LogP contribution >= 0.6 is 0 Å². The fourth-order valence-corrected chi connectivity index (χ4v) is 3.48. The maximum absolute atomic E-state index is 12.2. The van der Waals surface area contributed by atoms with Crippen molar-refractivity contribution in [3.63, 3.8) is 0 Å². The van der Waals surface area contributed by atoms with E-state index in [0.29, 0.717) is 5.56 Å². The molecule has 0 saturated carbocycles. The summed E-state index contributed by atoms with van der Waals surface area (Å²) in [6.45, 7) is 8.19. The Balaban J connectivity index is 1.99. The van der Waals surface area contributed by atoms with Crippen LogP contribution in [0.1, 0.15) is 54.0 Å². The van der Waals surface area contributed by atoms with Crippen LogP contribution in [0.4, 0.5) is 0 Å². The molecule has 2 aromatic rings. The number of benzene rings is 2. The van der Waals surface area contributed by atoms with E-state index in [0.717, 1.165) is 5.56 Å². The zero-order valence-corrected chi connectivity index (χ0v) is 17.2. The molecule has 0 aliphatic heterocycles. The summed E-state index contributed by atoms with van der Waals surface area (Å²) in [6, 6.07) is 12.6. The largest absolute Gasteiger partial charge is 0.269 e. The lowest BCUT2D eigenvalue weighted by atomic mass is 9.87. The zero-order chi connectivity index (χ0) is 20.9. The van der Waals surface area contributed by atoms with E-state index in [4.69, 9.17) is 0 Å². The lowest BCUT2D eigenvalue weighted by molar-refractivity contribution is 0.0846. The van der Waals surface area contributed by atoms with Gasteiger partial charge in [0.25, 0.3) is 11.8 Å². The summed E-state index contributed by atoms with van der Waals surface area (Å²) >= 11 is 0. The number of hydrogen-bond donors (Lipinski definition) is 3. The Morgan fingerprint density at radius 1 is 0.821 bits per heavy atom. The Morgan fingerprint density at radius 3 is 1.64 bits per heavy atom. The van der Waals surface area contributed by atoms with Crippen LogP contribution in [0.15, 0.2) is 53.4 Å². The van der Waals surface area contributed by atoms with Crippen LogP contribution in [0.2, 0.25) is 0 Å². The summed E-state index contributed by atoms with van der Waals surface area (Å²) in [5, 5.41) is 0. The van der Waals surface area contributed by atoms with Gasteiger partial charge in [-0.15, -0.1) is 0 Å². The summed E-state index contributed by atoms with van der Waals surface area (Å²) in [4.78, 5) is 24.4. The molecule has 2 amide bonds. The smallest absolute Gasteiger partial charge is 0.267 e. The monoisotopic (exact) mass is 403 g/mol. The molecule has 0 aromatic heterocycles. The second-order valence-electron chi connectivity index (χ2n) is 7.26. The molecule has 0 saturated heterocycles. The first-order valence-corrected chi connectivity index (χ1v) is 10.3. The van der Waals surface area contributed by atoms with E-state index in [2.05, 4.69) is 36.3 Å². The number of rotatable bonds is 5. The minimum atomic E-state index is -3.58. The van der Waals surface area contributed by atoms with E-state index >= 15 is 0 Å². The number of hydrazine groups is 1. The fourth-order valence-electron chi connectivity index (χ4n) is 2.44. The molecule has 0 bridgehead atoms. The minimum Gasteiger partial charge on any atom is -0.267 e. The Hall–Kier alpha value is -2.71. The van der Waals surface area contributed by atoms with Crippen molar-refractivity contribution in [2.45, 2.75) is 38.0 Å². The third kappa shape index (κ3) is 5.40. The highest BCUT2D eigenvalue weighted by atomic mass is 32.2. The van der Waals surface area contributed by atoms with Crippen LogP contribution in [-0.4, -0.2) is 26.8 Å². The Labute approximate surface area is 165 Å². The van der Waals surface area contributed by atoms with Gasteiger partial charge >= 0.3 is 0 Å². The van der Waals surface area contributed by atoms with Gasteiger partial charge < -0.3 is 0 Å². The van der Waals surface area contributed by atoms with Crippen LogP contribution in [0.3, 0.4) is 0 Å². The number of amides is 2. The Kier molecular flexibility index (Phi) is 6.58. The molecule has 0 radical (unpaired) electrons. The highest BCUT2D eigenvalue weighted by Gasteiger charge is 2.16. The molecule has 0 aliphatic carbocycles. The van der Waals surface area contributed by atoms with E-state index < -0.39 is 21.8 Å². The summed E-state index contributed by atoms with van der Waals surface area (Å²) in [5.74, 6) is -0.993. The van der Waals surface area contributed by atoms with Crippen LogP contribution in [0.25, 0.3) is 0 Å². The van der Waals surface area contributed by atoms with Crippen LogP contribution in [0.5, 0.6) is 0 Å². The topological polar surface area (TPSA) is 104 Å². The second-order valence-corrected chi connectivity index (χ2v) is 9.03. The molecule has 150 valence electrons. The summed E-state index contributed by atoms with van der Waals surface area (Å²) in [7, 11) is -3.58. The minimum absolute atomic E-state index is 0.0183. The zero-order valence-electron chi connectivity index (χ0n) is 16.4. The SMILES string of the molecule is CCNS(=O)(=O)c1ccc(C(=O)NNC(=O)c2ccc(C(C)(C)C)cc2)cc1. The molecule has 2 rings (SSSR count). The lowest BCUT2D eigenvalue weighted by Crippen LogP contribution is -2.41. The van der Waals surface area contributed by atoms with Gasteiger partial charge in [-0.05, 0) is 47.4 Å². The number of nitrogens with one attached hydrogen (secondary N) is 3. The predicted molar refractivity (Wildman–Crippen MR) is 107 cm³/mol. The van der Waals surface area contributed by atoms with E-state index in [9.17, 15) is 18.0 Å². The van der Waals surface area contributed by atoms with Gasteiger partial charge in [-0.1, -0.05) is 39.8 Å². The maximum atomic E-state index is 12.2. The van der Waals surface area contributed by atoms with Gasteiger partial charge in [0.05, 0.1) is 4.90 Å². The van der Waals surface area contributed by atoms with Gasteiger partial charge in [0, 0.05) is 17.7 Å². The molecule has 0 atom stereocenters. The first-order chi connectivity index (χ1) is 13.0. The number of carbonyl (C=O) groups is 2. The number of hydrogen-bond acceptors (Lipinski definition) is 4. The first kappa shape index (κ1) is 21.6. The average Bonchev–Trinajstić information content (AvgIpc) is 2.65. The number of sulfonamides is 1. The van der Waals surface area contributed by atoms with Gasteiger partial charge in [0.1, 0.15) is 0 Å². The standard InChI is InChI=1S/C20H25N3O4S/c1-5-21-28(26,27)17-12-8-15(9-13-17)19(25)23-22-18(24)14-6-10-16(11-7-14)20(2,3)4/h6-13,21H,5H2,1-4H3,(H,22,24)(H,23,25). The second kappa shape index (κ2) is 8.53. The third-order valence-corrected chi connectivity index (χ3v) is 5.63. The van der Waals surface area contributed by atoms with E-state index in [1.54, 1.807) is 19.1 Å². The molecular weight excluding hydrogens is 378 g/mol. The van der Waals surface area contributed by atoms with Crippen molar-refractivity contribution >= 4 is 21.8 Å². The molecule has 0 heterocycles. The van der Waals surface area contributed by atoms with Crippen LogP contribution in [-0.2, 0) is 15.4 Å². The number of carbonyl (C=O) groups excluding carboxylic acids is 2. The molecule has 3 N–H and O–H groups in total. The average molecular weight is 404 g/mol. The predicted octanol–water partition coefficient (Wildman–Crippen LogP) is 2.36. The van der Waals surface area contributed by atoms with Crippen molar-refractivity contribution < 1.29 is 18.0 Å². The van der Waals surface area contributed by atoms with Crippen molar-refractivity contribution in [2.75, 3.05) is 6.54 Å². The van der Waals surface area contributed by atoms with Gasteiger partial charge in [-0.3, -0.25) is 20.4 Å². The van der Waals surface area contributed by atoms with Crippen LogP contribution < -0.4 is 15.6 Å². The molecular formula is C20H25N3O4S. The molecule has 0 aliphatic rings. The van der Waals surface area contributed by atoms with Crippen molar-refractivity contribution in [3.05, 3.63) is 65.2 Å². The lowest BCUT2D eigenvalue weighted by Gasteiger charge is -2.19. The summed E-state index contributed by atoms with van der Waals surface area (Å²) in [5.41, 5.74) is 6.39. The van der Waals surface area contributed by atoms with Gasteiger partial charge in [-0.25, -0.2) is 13.1 Å². The normalized spacial score (nSPS) is 11.7. The van der Waals surface area contributed by atoms with Gasteiger partial charge in [0.15, 0.2) is 0 Å². The molecule has 28 heavy (non-hydrogen) atoms. The highest BCUT2D eigenvalue weighted by Crippen LogP contribution is 2.22. The molecule has 7 nitrogen and oxygen atoms in total. The fraction of sp³-hybridized carbons (Fsp3) is 0.300. The van der Waals surface area contributed by atoms with E-state index in [-0.39, 0.29) is 22.4 Å². The van der Waals surface area contributed by atoms with Crippen molar-refractivity contribution in [1.29, 1.82) is 0 Å². The van der Waals surface area contributed by atoms with Gasteiger partial charge in [-0.2, -0.15) is 0 Å². The Bertz CT molecular complexity index is 944. The van der Waals surface area contributed by atoms with Crippen molar-refractivity contribution in [2.24, 2.45) is 0 Å². The summed E-state index contributed by atoms with van der Waals surface area (Å²) in [6.07, 6.45) is 0. The van der Waals surface area contributed by atoms with Gasteiger partial charge in [0.2, 0.25) is 10.0 Å². The quantitative estimate of drug-likeness (QED) is 0.667. The van der Waals surface area contributed by atoms with Crippen molar-refractivity contribution in [3.8, 4) is 0 Å². The third-order valence-electron chi connectivity index (χ3n) is 4.06. The highest BCUT2D eigenvalue weighted by molar-refractivity contribution is 7.89. The summed E-state index contributed by atoms with van der Waals surface area (Å²) < 4.78 is 26.2. The molecule has 0 unspecified atom stereocenters. The molecule has 8 heteroatoms. The van der Waals surface area contributed by atoms with Crippen molar-refractivity contribution in [1.82, 2.24) is 15.6 Å². The first-order valence-electron chi connectivity index (χ1n) is 8.85. The van der Waals surface area contributed by atoms with Crippen LogP contribution in [0, 0.1) is 0 Å². The Morgan fingerprint density at radius 2 is 1.25 bits per heavy atom. The maximum Gasteiger partial charge on any atom is 0.269 e. The van der Waals surface area contributed by atoms with E-state index in [1.165, 1.54) is 24.3 Å². The molecule has 0 fully saturated rings.